The number of carbonyl (C=O) groups excluding carboxylic acids is 2. The van der Waals surface area contributed by atoms with Gasteiger partial charge in [0.15, 0.2) is 6.04 Å². The zero-order chi connectivity index (χ0) is 22.0. The van der Waals surface area contributed by atoms with Crippen LogP contribution in [-0.2, 0) is 14.3 Å². The van der Waals surface area contributed by atoms with Gasteiger partial charge in [0.2, 0.25) is 0 Å². The molecule has 158 valence electrons. The second kappa shape index (κ2) is 8.79. The van der Waals surface area contributed by atoms with Crippen LogP contribution in [0.15, 0.2) is 35.1 Å². The summed E-state index contributed by atoms with van der Waals surface area (Å²) in [4.78, 5) is 43.9. The summed E-state index contributed by atoms with van der Waals surface area (Å²) in [5, 5.41) is 0.312. The van der Waals surface area contributed by atoms with Crippen LogP contribution in [0.5, 0.6) is 0 Å². The molecule has 1 atom stereocenters. The standard InChI is InChI=1S/C22H24N2O5S/c1-12(2)11-29-22(27)18-13(3)16-19(30-18)23-14(4)24(20(16)25)17(21(26)28-5)15-9-7-6-8-10-15/h6-10,12,17H,11H2,1-5H3. The highest BCUT2D eigenvalue weighted by atomic mass is 32.1. The number of fused-ring (bicyclic) bond motifs is 1. The fourth-order valence-corrected chi connectivity index (χ4v) is 4.35. The van der Waals surface area contributed by atoms with Gasteiger partial charge in [0.25, 0.3) is 5.56 Å². The Bertz CT molecular complexity index is 1150. The van der Waals surface area contributed by atoms with Crippen molar-refractivity contribution in [3.05, 3.63) is 62.5 Å². The molecule has 30 heavy (non-hydrogen) atoms. The molecule has 3 aromatic rings. The first kappa shape index (κ1) is 21.7. The Hall–Kier alpha value is -3.00. The molecule has 0 aliphatic rings. The maximum Gasteiger partial charge on any atom is 0.348 e. The van der Waals surface area contributed by atoms with Crippen molar-refractivity contribution in [2.24, 2.45) is 5.92 Å². The van der Waals surface area contributed by atoms with Crippen molar-refractivity contribution >= 4 is 33.5 Å². The number of ether oxygens (including phenoxy) is 2. The summed E-state index contributed by atoms with van der Waals surface area (Å²) in [5.74, 6) is -0.486. The predicted molar refractivity (Wildman–Crippen MR) is 115 cm³/mol. The molecule has 0 N–H and O–H groups in total. The van der Waals surface area contributed by atoms with Gasteiger partial charge in [-0.15, -0.1) is 11.3 Å². The van der Waals surface area contributed by atoms with Gasteiger partial charge in [-0.25, -0.2) is 14.6 Å². The van der Waals surface area contributed by atoms with Gasteiger partial charge in [-0.1, -0.05) is 44.2 Å². The molecule has 7 nitrogen and oxygen atoms in total. The number of aromatic nitrogens is 2. The summed E-state index contributed by atoms with van der Waals surface area (Å²) in [6.07, 6.45) is 0. The third-order valence-corrected chi connectivity index (χ3v) is 5.87. The fourth-order valence-electron chi connectivity index (χ4n) is 3.24. The lowest BCUT2D eigenvalue weighted by atomic mass is 10.1. The van der Waals surface area contributed by atoms with E-state index in [1.54, 1.807) is 38.1 Å². The van der Waals surface area contributed by atoms with Gasteiger partial charge in [-0.2, -0.15) is 0 Å². The van der Waals surface area contributed by atoms with Crippen molar-refractivity contribution in [2.45, 2.75) is 33.7 Å². The highest BCUT2D eigenvalue weighted by Gasteiger charge is 2.29. The first-order valence-electron chi connectivity index (χ1n) is 9.58. The van der Waals surface area contributed by atoms with Crippen molar-refractivity contribution in [1.29, 1.82) is 0 Å². The summed E-state index contributed by atoms with van der Waals surface area (Å²) in [6.45, 7) is 7.55. The number of carbonyl (C=O) groups is 2. The van der Waals surface area contributed by atoms with E-state index in [4.69, 9.17) is 9.47 Å². The molecule has 8 heteroatoms. The topological polar surface area (TPSA) is 87.5 Å². The number of benzene rings is 1. The van der Waals surface area contributed by atoms with Gasteiger partial charge in [-0.3, -0.25) is 9.36 Å². The van der Waals surface area contributed by atoms with Gasteiger partial charge in [0, 0.05) is 0 Å². The molecule has 2 heterocycles. The van der Waals surface area contributed by atoms with Crippen molar-refractivity contribution in [3.63, 3.8) is 0 Å². The van der Waals surface area contributed by atoms with Gasteiger partial charge in [0.1, 0.15) is 15.5 Å². The Morgan fingerprint density at radius 2 is 1.83 bits per heavy atom. The normalized spacial score (nSPS) is 12.2. The highest BCUT2D eigenvalue weighted by Crippen LogP contribution is 2.30. The minimum atomic E-state index is -0.976. The minimum Gasteiger partial charge on any atom is -0.467 e. The number of nitrogens with zero attached hydrogens (tertiary/aromatic N) is 2. The fraction of sp³-hybridized carbons (Fsp3) is 0.364. The molecule has 3 rings (SSSR count). The average Bonchev–Trinajstić information content (AvgIpc) is 3.05. The van der Waals surface area contributed by atoms with Crippen molar-refractivity contribution in [1.82, 2.24) is 9.55 Å². The zero-order valence-electron chi connectivity index (χ0n) is 17.6. The van der Waals surface area contributed by atoms with Gasteiger partial charge >= 0.3 is 11.9 Å². The number of thiophene rings is 1. The van der Waals surface area contributed by atoms with Crippen molar-refractivity contribution in [3.8, 4) is 0 Å². The van der Waals surface area contributed by atoms with Crippen LogP contribution in [0.1, 0.15) is 46.5 Å². The van der Waals surface area contributed by atoms with Crippen molar-refractivity contribution in [2.75, 3.05) is 13.7 Å². The lowest BCUT2D eigenvalue weighted by Crippen LogP contribution is -2.34. The molecule has 0 aliphatic carbocycles. The quantitative estimate of drug-likeness (QED) is 0.557. The number of esters is 2. The minimum absolute atomic E-state index is 0.202. The predicted octanol–water partition coefficient (Wildman–Crippen LogP) is 3.65. The Morgan fingerprint density at radius 1 is 1.17 bits per heavy atom. The summed E-state index contributed by atoms with van der Waals surface area (Å²) in [7, 11) is 1.28. The monoisotopic (exact) mass is 428 g/mol. The number of hydrogen-bond acceptors (Lipinski definition) is 7. The molecule has 0 amide bonds. The lowest BCUT2D eigenvalue weighted by Gasteiger charge is -2.20. The summed E-state index contributed by atoms with van der Waals surface area (Å²) < 4.78 is 11.6. The van der Waals surface area contributed by atoms with E-state index < -0.39 is 23.5 Å². The molecular formula is C22H24N2O5S. The highest BCUT2D eigenvalue weighted by molar-refractivity contribution is 7.20. The molecule has 0 saturated carbocycles. The Morgan fingerprint density at radius 3 is 2.43 bits per heavy atom. The van der Waals surface area contributed by atoms with Gasteiger partial charge in [0.05, 0.1) is 19.1 Å². The number of rotatable bonds is 6. The van der Waals surface area contributed by atoms with E-state index in [1.807, 2.05) is 19.9 Å². The summed E-state index contributed by atoms with van der Waals surface area (Å²) in [6, 6.07) is 7.94. The molecule has 0 saturated heterocycles. The molecule has 0 radical (unpaired) electrons. The van der Waals surface area contributed by atoms with Crippen molar-refractivity contribution < 1.29 is 19.1 Å². The lowest BCUT2D eigenvalue weighted by molar-refractivity contribution is -0.143. The molecule has 2 aromatic heterocycles. The number of aryl methyl sites for hydroxylation is 2. The molecule has 0 spiro atoms. The van der Waals surface area contributed by atoms with E-state index in [1.165, 1.54) is 11.7 Å². The average molecular weight is 429 g/mol. The summed E-state index contributed by atoms with van der Waals surface area (Å²) >= 11 is 1.13. The van der Waals surface area contributed by atoms with E-state index in [2.05, 4.69) is 4.98 Å². The second-order valence-electron chi connectivity index (χ2n) is 7.40. The maximum absolute atomic E-state index is 13.5. The van der Waals surface area contributed by atoms with Crippen LogP contribution in [0.4, 0.5) is 0 Å². The van der Waals surface area contributed by atoms with Crippen LogP contribution in [0.25, 0.3) is 10.2 Å². The zero-order valence-corrected chi connectivity index (χ0v) is 18.4. The number of methoxy groups -OCH3 is 1. The van der Waals surface area contributed by atoms with Crippen LogP contribution in [0.2, 0.25) is 0 Å². The Kier molecular flexibility index (Phi) is 6.36. The molecular weight excluding hydrogens is 404 g/mol. The Balaban J connectivity index is 2.19. The molecule has 0 aliphatic heterocycles. The maximum atomic E-state index is 13.5. The van der Waals surface area contributed by atoms with E-state index in [9.17, 15) is 14.4 Å². The van der Waals surface area contributed by atoms with Crippen LogP contribution >= 0.6 is 11.3 Å². The van der Waals surface area contributed by atoms with E-state index in [0.29, 0.717) is 38.7 Å². The molecule has 0 bridgehead atoms. The van der Waals surface area contributed by atoms with Gasteiger partial charge < -0.3 is 9.47 Å². The molecule has 0 fully saturated rings. The Labute approximate surface area is 178 Å². The van der Waals surface area contributed by atoms with E-state index in [-0.39, 0.29) is 5.92 Å². The smallest absolute Gasteiger partial charge is 0.348 e. The van der Waals surface area contributed by atoms with E-state index in [0.717, 1.165) is 11.3 Å². The second-order valence-corrected chi connectivity index (χ2v) is 8.40. The first-order chi connectivity index (χ1) is 14.3. The first-order valence-corrected chi connectivity index (χ1v) is 10.4. The largest absolute Gasteiger partial charge is 0.467 e. The SMILES string of the molecule is COC(=O)C(c1ccccc1)n1c(C)nc2sc(C(=O)OCC(C)C)c(C)c2c1=O. The molecule has 1 unspecified atom stereocenters. The van der Waals surface area contributed by atoms with Crippen LogP contribution in [0, 0.1) is 19.8 Å². The van der Waals surface area contributed by atoms with E-state index >= 15 is 0 Å². The molecule has 1 aromatic carbocycles. The van der Waals surface area contributed by atoms with Crippen LogP contribution in [-0.4, -0.2) is 35.2 Å². The van der Waals surface area contributed by atoms with Crippen LogP contribution in [0.3, 0.4) is 0 Å². The third-order valence-electron chi connectivity index (χ3n) is 4.70. The summed E-state index contributed by atoms with van der Waals surface area (Å²) in [5.41, 5.74) is 0.722. The number of hydrogen-bond donors (Lipinski definition) is 0. The van der Waals surface area contributed by atoms with Crippen LogP contribution < -0.4 is 5.56 Å². The van der Waals surface area contributed by atoms with Gasteiger partial charge in [-0.05, 0) is 30.9 Å². The third kappa shape index (κ3) is 4.00.